The molecule has 6 heteroatoms. The topological polar surface area (TPSA) is 70.2 Å². The lowest BCUT2D eigenvalue weighted by Crippen LogP contribution is -2.38. The van der Waals surface area contributed by atoms with Gasteiger partial charge in [0.05, 0.1) is 5.69 Å². The lowest BCUT2D eigenvalue weighted by Gasteiger charge is -2.27. The van der Waals surface area contributed by atoms with Crippen molar-refractivity contribution in [1.29, 1.82) is 0 Å². The largest absolute Gasteiger partial charge is 0.377 e. The second-order valence-corrected chi connectivity index (χ2v) is 7.69. The van der Waals surface area contributed by atoms with Crippen molar-refractivity contribution in [3.05, 3.63) is 24.3 Å². The number of hydrogen-bond donors (Lipinski definition) is 3. The Balaban J connectivity index is 1.87. The molecule has 1 aromatic carbocycles. The SMILES string of the molecule is CC1(Nc2ccccc2S(=O)(=O)NC2CC2)CCNC1. The minimum Gasteiger partial charge on any atom is -0.377 e. The fraction of sp³-hybridized carbons (Fsp3) is 0.571. The van der Waals surface area contributed by atoms with Crippen LogP contribution in [0.25, 0.3) is 0 Å². The predicted molar refractivity (Wildman–Crippen MR) is 79.3 cm³/mol. The molecular weight excluding hydrogens is 274 g/mol. The van der Waals surface area contributed by atoms with E-state index in [4.69, 9.17) is 0 Å². The highest BCUT2D eigenvalue weighted by Gasteiger charge is 2.32. The maximum atomic E-state index is 12.4. The van der Waals surface area contributed by atoms with Crippen molar-refractivity contribution in [1.82, 2.24) is 10.0 Å². The summed E-state index contributed by atoms with van der Waals surface area (Å²) in [5, 5.41) is 6.71. The average Bonchev–Trinajstić information content (AvgIpc) is 3.09. The van der Waals surface area contributed by atoms with E-state index < -0.39 is 10.0 Å². The van der Waals surface area contributed by atoms with Gasteiger partial charge in [-0.25, -0.2) is 13.1 Å². The van der Waals surface area contributed by atoms with E-state index in [2.05, 4.69) is 22.3 Å². The molecule has 1 saturated heterocycles. The lowest BCUT2D eigenvalue weighted by molar-refractivity contribution is 0.562. The highest BCUT2D eigenvalue weighted by molar-refractivity contribution is 7.89. The zero-order valence-corrected chi connectivity index (χ0v) is 12.5. The first-order valence-corrected chi connectivity index (χ1v) is 8.57. The zero-order chi connectivity index (χ0) is 14.2. The first-order valence-electron chi connectivity index (χ1n) is 7.09. The first kappa shape index (κ1) is 13.9. The van der Waals surface area contributed by atoms with Crippen LogP contribution in [0.5, 0.6) is 0 Å². The van der Waals surface area contributed by atoms with Crippen molar-refractivity contribution in [3.8, 4) is 0 Å². The van der Waals surface area contributed by atoms with Gasteiger partial charge in [-0.15, -0.1) is 0 Å². The van der Waals surface area contributed by atoms with Gasteiger partial charge in [-0.05, 0) is 44.9 Å². The third kappa shape index (κ3) is 2.97. The maximum Gasteiger partial charge on any atom is 0.242 e. The Kier molecular flexibility index (Phi) is 3.48. The molecule has 1 aliphatic carbocycles. The van der Waals surface area contributed by atoms with Gasteiger partial charge in [0.2, 0.25) is 10.0 Å². The van der Waals surface area contributed by atoms with Crippen molar-refractivity contribution in [2.75, 3.05) is 18.4 Å². The highest BCUT2D eigenvalue weighted by atomic mass is 32.2. The number of para-hydroxylation sites is 1. The van der Waals surface area contributed by atoms with Crippen molar-refractivity contribution in [3.63, 3.8) is 0 Å². The molecule has 1 aliphatic heterocycles. The number of benzene rings is 1. The third-order valence-electron chi connectivity index (χ3n) is 3.88. The van der Waals surface area contributed by atoms with Crippen LogP contribution < -0.4 is 15.4 Å². The molecule has 0 spiro atoms. The second kappa shape index (κ2) is 5.02. The van der Waals surface area contributed by atoms with Gasteiger partial charge < -0.3 is 10.6 Å². The summed E-state index contributed by atoms with van der Waals surface area (Å²) in [5.74, 6) is 0. The molecular formula is C14H21N3O2S. The summed E-state index contributed by atoms with van der Waals surface area (Å²) in [5.41, 5.74) is 0.595. The molecule has 1 unspecified atom stereocenters. The Morgan fingerprint density at radius 3 is 2.70 bits per heavy atom. The molecule has 3 N–H and O–H groups in total. The minimum absolute atomic E-state index is 0.0921. The van der Waals surface area contributed by atoms with Crippen LogP contribution in [-0.2, 0) is 10.0 Å². The van der Waals surface area contributed by atoms with Gasteiger partial charge >= 0.3 is 0 Å². The van der Waals surface area contributed by atoms with E-state index in [0.29, 0.717) is 10.6 Å². The summed E-state index contributed by atoms with van der Waals surface area (Å²) in [6.45, 7) is 3.92. The van der Waals surface area contributed by atoms with Crippen molar-refractivity contribution < 1.29 is 8.42 Å². The van der Waals surface area contributed by atoms with Crippen LogP contribution in [0, 0.1) is 0 Å². The molecule has 110 valence electrons. The van der Waals surface area contributed by atoms with Gasteiger partial charge in [-0.2, -0.15) is 0 Å². The first-order chi connectivity index (χ1) is 9.49. The van der Waals surface area contributed by atoms with Crippen LogP contribution in [0.3, 0.4) is 0 Å². The van der Waals surface area contributed by atoms with E-state index in [1.807, 2.05) is 12.1 Å². The van der Waals surface area contributed by atoms with E-state index in [1.165, 1.54) is 0 Å². The van der Waals surface area contributed by atoms with Gasteiger partial charge in [0.1, 0.15) is 4.90 Å². The Morgan fingerprint density at radius 2 is 2.05 bits per heavy atom. The van der Waals surface area contributed by atoms with Gasteiger partial charge in [0.25, 0.3) is 0 Å². The molecule has 2 fully saturated rings. The summed E-state index contributed by atoms with van der Waals surface area (Å²) in [6.07, 6.45) is 2.87. The van der Waals surface area contributed by atoms with Gasteiger partial charge in [-0.1, -0.05) is 12.1 Å². The van der Waals surface area contributed by atoms with Crippen LogP contribution in [0.2, 0.25) is 0 Å². The van der Waals surface area contributed by atoms with Gasteiger partial charge in [0, 0.05) is 18.1 Å². The Hall–Kier alpha value is -1.11. The van der Waals surface area contributed by atoms with Gasteiger partial charge in [-0.3, -0.25) is 0 Å². The van der Waals surface area contributed by atoms with Crippen LogP contribution in [0.15, 0.2) is 29.2 Å². The number of hydrogen-bond acceptors (Lipinski definition) is 4. The van der Waals surface area contributed by atoms with Crippen LogP contribution in [0.1, 0.15) is 26.2 Å². The summed E-state index contributed by atoms with van der Waals surface area (Å²) in [4.78, 5) is 0.347. The van der Waals surface area contributed by atoms with Crippen molar-refractivity contribution in [2.24, 2.45) is 0 Å². The number of anilines is 1. The molecule has 5 nitrogen and oxygen atoms in total. The smallest absolute Gasteiger partial charge is 0.242 e. The fourth-order valence-electron chi connectivity index (χ4n) is 2.54. The number of sulfonamides is 1. The highest BCUT2D eigenvalue weighted by Crippen LogP contribution is 2.29. The minimum atomic E-state index is -3.43. The molecule has 3 rings (SSSR count). The molecule has 20 heavy (non-hydrogen) atoms. The lowest BCUT2D eigenvalue weighted by atomic mass is 10.0. The molecule has 1 saturated carbocycles. The molecule has 1 atom stereocenters. The summed E-state index contributed by atoms with van der Waals surface area (Å²) in [6, 6.07) is 7.26. The summed E-state index contributed by atoms with van der Waals surface area (Å²) < 4.78 is 27.6. The molecule has 0 aromatic heterocycles. The van der Waals surface area contributed by atoms with Crippen molar-refractivity contribution >= 4 is 15.7 Å². The van der Waals surface area contributed by atoms with E-state index in [-0.39, 0.29) is 11.6 Å². The van der Waals surface area contributed by atoms with E-state index >= 15 is 0 Å². The standard InChI is InChI=1S/C14H21N3O2S/c1-14(8-9-15-10-14)16-12-4-2-3-5-13(12)20(18,19)17-11-6-7-11/h2-5,11,15-17H,6-10H2,1H3. The number of nitrogens with one attached hydrogen (secondary N) is 3. The number of rotatable bonds is 5. The summed E-state index contributed by atoms with van der Waals surface area (Å²) in [7, 11) is -3.43. The zero-order valence-electron chi connectivity index (χ0n) is 11.6. The second-order valence-electron chi connectivity index (χ2n) is 6.00. The monoisotopic (exact) mass is 295 g/mol. The molecule has 1 heterocycles. The normalized spacial score (nSPS) is 26.6. The van der Waals surface area contributed by atoms with Crippen molar-refractivity contribution in [2.45, 2.75) is 42.7 Å². The van der Waals surface area contributed by atoms with Crippen LogP contribution in [0.4, 0.5) is 5.69 Å². The van der Waals surface area contributed by atoms with E-state index in [9.17, 15) is 8.42 Å². The van der Waals surface area contributed by atoms with Crippen LogP contribution >= 0.6 is 0 Å². The Morgan fingerprint density at radius 1 is 1.30 bits per heavy atom. The molecule has 1 aromatic rings. The predicted octanol–water partition coefficient (Wildman–Crippen LogP) is 1.29. The maximum absolute atomic E-state index is 12.4. The molecule has 0 amide bonds. The fourth-order valence-corrected chi connectivity index (χ4v) is 4.00. The Bertz CT molecular complexity index is 590. The van der Waals surface area contributed by atoms with Crippen LogP contribution in [-0.4, -0.2) is 33.1 Å². The van der Waals surface area contributed by atoms with E-state index in [1.54, 1.807) is 12.1 Å². The molecule has 0 radical (unpaired) electrons. The Labute approximate surface area is 120 Å². The average molecular weight is 295 g/mol. The summed E-state index contributed by atoms with van der Waals surface area (Å²) >= 11 is 0. The molecule has 0 bridgehead atoms. The van der Waals surface area contributed by atoms with Gasteiger partial charge in [0.15, 0.2) is 0 Å². The van der Waals surface area contributed by atoms with E-state index in [0.717, 1.165) is 32.4 Å². The third-order valence-corrected chi connectivity index (χ3v) is 5.46. The quantitative estimate of drug-likeness (QED) is 0.765. The molecule has 2 aliphatic rings.